The summed E-state index contributed by atoms with van der Waals surface area (Å²) in [5.74, 6) is -0.515. The smallest absolute Gasteiger partial charge is 0.374 e. The number of carbonyl (C=O) groups excluding carboxylic acids is 1. The number of hydrogen-bond acceptors (Lipinski definition) is 3. The number of morpholine rings is 1. The molecule has 2 heterocycles. The van der Waals surface area contributed by atoms with Crippen molar-refractivity contribution in [2.75, 3.05) is 19.7 Å². The van der Waals surface area contributed by atoms with Crippen LogP contribution in [0.2, 0.25) is 0 Å². The molecule has 1 atom stereocenters. The number of carbonyl (C=O) groups is 1. The fourth-order valence-electron chi connectivity index (χ4n) is 2.10. The fourth-order valence-corrected chi connectivity index (χ4v) is 2.10. The van der Waals surface area contributed by atoms with Gasteiger partial charge < -0.3 is 9.64 Å². The molecule has 1 fully saturated rings. The van der Waals surface area contributed by atoms with E-state index in [2.05, 4.69) is 5.10 Å². The average Bonchev–Trinajstić information content (AvgIpc) is 2.86. The Bertz CT molecular complexity index is 519. The Morgan fingerprint density at radius 3 is 2.62 bits per heavy atom. The minimum Gasteiger partial charge on any atom is -0.374 e. The van der Waals surface area contributed by atoms with Crippen molar-refractivity contribution in [3.63, 3.8) is 0 Å². The zero-order chi connectivity index (χ0) is 15.8. The Morgan fingerprint density at radius 2 is 2.10 bits per heavy atom. The predicted octanol–water partition coefficient (Wildman–Crippen LogP) is 2.32. The normalized spacial score (nSPS) is 20.7. The van der Waals surface area contributed by atoms with Gasteiger partial charge in [-0.3, -0.25) is 9.89 Å². The average molecular weight is 305 g/mol. The van der Waals surface area contributed by atoms with Crippen LogP contribution in [0.15, 0.2) is 6.07 Å². The van der Waals surface area contributed by atoms with Crippen molar-refractivity contribution >= 4 is 5.91 Å². The highest BCUT2D eigenvalue weighted by molar-refractivity contribution is 5.92. The highest BCUT2D eigenvalue weighted by Crippen LogP contribution is 2.29. The number of hydrogen-bond donors (Lipinski definition) is 1. The molecule has 1 amide bonds. The van der Waals surface area contributed by atoms with Crippen LogP contribution in [-0.4, -0.2) is 46.8 Å². The molecule has 1 aliphatic rings. The second-order valence-corrected chi connectivity index (χ2v) is 6.14. The number of aromatic amines is 1. The van der Waals surface area contributed by atoms with E-state index in [1.54, 1.807) is 0 Å². The molecule has 21 heavy (non-hydrogen) atoms. The number of halogens is 3. The van der Waals surface area contributed by atoms with Crippen LogP contribution in [0.1, 0.15) is 37.0 Å². The summed E-state index contributed by atoms with van der Waals surface area (Å²) in [6.07, 6.45) is -4.69. The van der Waals surface area contributed by atoms with Gasteiger partial charge in [0.15, 0.2) is 5.69 Å². The first kappa shape index (κ1) is 15.8. The lowest BCUT2D eigenvalue weighted by atomic mass is 9.88. The number of amides is 1. The van der Waals surface area contributed by atoms with Crippen molar-refractivity contribution in [2.45, 2.75) is 33.1 Å². The number of nitrogens with one attached hydrogen (secondary N) is 1. The molecule has 2 rings (SSSR count). The summed E-state index contributed by atoms with van der Waals surface area (Å²) in [4.78, 5) is 13.7. The van der Waals surface area contributed by atoms with E-state index >= 15 is 0 Å². The molecule has 1 aliphatic heterocycles. The summed E-state index contributed by atoms with van der Waals surface area (Å²) in [5.41, 5.74) is -1.40. The SMILES string of the molecule is CC(C)(C)[C@H]1CN(C(=O)c2cc(C(F)(F)F)[nH]n2)CCO1. The van der Waals surface area contributed by atoms with Crippen molar-refractivity contribution in [2.24, 2.45) is 5.41 Å². The van der Waals surface area contributed by atoms with Gasteiger partial charge in [0.05, 0.1) is 12.7 Å². The highest BCUT2D eigenvalue weighted by atomic mass is 19.4. The molecule has 8 heteroatoms. The van der Waals surface area contributed by atoms with Gasteiger partial charge >= 0.3 is 6.18 Å². The molecule has 1 aromatic rings. The lowest BCUT2D eigenvalue weighted by molar-refractivity contribution is -0.141. The van der Waals surface area contributed by atoms with Crippen molar-refractivity contribution < 1.29 is 22.7 Å². The number of H-pyrrole nitrogens is 1. The standard InChI is InChI=1S/C13H18F3N3O2/c1-12(2,3)10-7-19(4-5-21-10)11(20)8-6-9(18-17-8)13(14,15)16/h6,10H,4-5,7H2,1-3H3,(H,17,18)/t10-/m1/s1. The topological polar surface area (TPSA) is 58.2 Å². The monoisotopic (exact) mass is 305 g/mol. The van der Waals surface area contributed by atoms with Crippen molar-refractivity contribution in [1.82, 2.24) is 15.1 Å². The molecule has 1 N–H and O–H groups in total. The molecule has 0 radical (unpaired) electrons. The van der Waals surface area contributed by atoms with Crippen molar-refractivity contribution in [3.05, 3.63) is 17.5 Å². The highest BCUT2D eigenvalue weighted by Gasteiger charge is 2.36. The van der Waals surface area contributed by atoms with E-state index in [0.717, 1.165) is 6.07 Å². The van der Waals surface area contributed by atoms with Gasteiger partial charge in [-0.05, 0) is 5.41 Å². The lowest BCUT2D eigenvalue weighted by Gasteiger charge is -2.39. The zero-order valence-electron chi connectivity index (χ0n) is 12.1. The first-order valence-electron chi connectivity index (χ1n) is 6.62. The second kappa shape index (κ2) is 5.32. The lowest BCUT2D eigenvalue weighted by Crippen LogP contribution is -2.50. The van der Waals surface area contributed by atoms with E-state index < -0.39 is 17.8 Å². The van der Waals surface area contributed by atoms with Crippen LogP contribution in [0, 0.1) is 5.41 Å². The van der Waals surface area contributed by atoms with Crippen LogP contribution in [0.3, 0.4) is 0 Å². The quantitative estimate of drug-likeness (QED) is 0.866. The van der Waals surface area contributed by atoms with E-state index in [9.17, 15) is 18.0 Å². The van der Waals surface area contributed by atoms with Gasteiger partial charge in [-0.1, -0.05) is 20.8 Å². The molecule has 0 unspecified atom stereocenters. The molecule has 0 aliphatic carbocycles. The second-order valence-electron chi connectivity index (χ2n) is 6.14. The van der Waals surface area contributed by atoms with Gasteiger partial charge in [0.2, 0.25) is 0 Å². The van der Waals surface area contributed by atoms with Crippen LogP contribution in [0.5, 0.6) is 0 Å². The number of alkyl halides is 3. The van der Waals surface area contributed by atoms with E-state index in [-0.39, 0.29) is 17.2 Å². The largest absolute Gasteiger partial charge is 0.432 e. The summed E-state index contributed by atoms with van der Waals surface area (Å²) in [7, 11) is 0. The van der Waals surface area contributed by atoms with Gasteiger partial charge in [-0.25, -0.2) is 0 Å². The molecule has 5 nitrogen and oxygen atoms in total. The maximum atomic E-state index is 12.5. The van der Waals surface area contributed by atoms with Crippen molar-refractivity contribution in [3.8, 4) is 0 Å². The van der Waals surface area contributed by atoms with E-state index in [0.29, 0.717) is 19.7 Å². The van der Waals surface area contributed by atoms with Gasteiger partial charge in [-0.2, -0.15) is 18.3 Å². The van der Waals surface area contributed by atoms with Gasteiger partial charge in [0, 0.05) is 19.2 Å². The van der Waals surface area contributed by atoms with Gasteiger partial charge in [0.25, 0.3) is 5.91 Å². The number of ether oxygens (including phenoxy) is 1. The summed E-state index contributed by atoms with van der Waals surface area (Å²) in [6, 6.07) is 0.740. The Balaban J connectivity index is 2.11. The maximum absolute atomic E-state index is 12.5. The van der Waals surface area contributed by atoms with Gasteiger partial charge in [0.1, 0.15) is 5.69 Å². The van der Waals surface area contributed by atoms with Crippen LogP contribution in [0.4, 0.5) is 13.2 Å². The number of aromatic nitrogens is 2. The minimum atomic E-state index is -4.54. The van der Waals surface area contributed by atoms with Gasteiger partial charge in [-0.15, -0.1) is 0 Å². The molecule has 0 bridgehead atoms. The molecule has 1 aromatic heterocycles. The van der Waals surface area contributed by atoms with Crippen molar-refractivity contribution in [1.29, 1.82) is 0 Å². The third kappa shape index (κ3) is 3.55. The zero-order valence-corrected chi connectivity index (χ0v) is 12.1. The first-order valence-corrected chi connectivity index (χ1v) is 6.62. The molecule has 1 saturated heterocycles. The van der Waals surface area contributed by atoms with Crippen LogP contribution >= 0.6 is 0 Å². The number of rotatable bonds is 1. The summed E-state index contributed by atoms with van der Waals surface area (Å²) >= 11 is 0. The number of nitrogens with zero attached hydrogens (tertiary/aromatic N) is 2. The first-order chi connectivity index (χ1) is 9.59. The Morgan fingerprint density at radius 1 is 1.43 bits per heavy atom. The maximum Gasteiger partial charge on any atom is 0.432 e. The van der Waals surface area contributed by atoms with E-state index in [1.165, 1.54) is 4.90 Å². The Hall–Kier alpha value is -1.57. The third-order valence-corrected chi connectivity index (χ3v) is 3.42. The van der Waals surface area contributed by atoms with E-state index in [4.69, 9.17) is 4.74 Å². The van der Waals surface area contributed by atoms with Crippen LogP contribution in [0.25, 0.3) is 0 Å². The fraction of sp³-hybridized carbons (Fsp3) is 0.692. The molecular formula is C13H18F3N3O2. The third-order valence-electron chi connectivity index (χ3n) is 3.42. The summed E-state index contributed by atoms with van der Waals surface area (Å²) < 4.78 is 43.1. The Labute approximate surface area is 120 Å². The molecule has 0 spiro atoms. The molecule has 0 saturated carbocycles. The van der Waals surface area contributed by atoms with E-state index in [1.807, 2.05) is 25.9 Å². The molecule has 118 valence electrons. The molecular weight excluding hydrogens is 287 g/mol. The Kier molecular flexibility index (Phi) is 4.01. The predicted molar refractivity (Wildman–Crippen MR) is 68.7 cm³/mol. The van der Waals surface area contributed by atoms with Crippen LogP contribution < -0.4 is 0 Å². The molecule has 0 aromatic carbocycles. The summed E-state index contributed by atoms with van der Waals surface area (Å²) in [6.45, 7) is 7.02. The van der Waals surface area contributed by atoms with Crippen LogP contribution in [-0.2, 0) is 10.9 Å². The minimum absolute atomic E-state index is 0.151. The summed E-state index contributed by atoms with van der Waals surface area (Å²) in [5, 5.41) is 5.32.